The Morgan fingerprint density at radius 2 is 2.18 bits per heavy atom. The number of rotatable bonds is 2. The largest absolute Gasteiger partial charge is 0.505 e. The summed E-state index contributed by atoms with van der Waals surface area (Å²) in [7, 11) is 0. The lowest BCUT2D eigenvalue weighted by molar-refractivity contribution is 0.388. The molecule has 0 aromatic heterocycles. The van der Waals surface area contributed by atoms with Crippen molar-refractivity contribution >= 4 is 11.4 Å². The van der Waals surface area contributed by atoms with Crippen molar-refractivity contribution in [2.75, 3.05) is 5.48 Å². The molecule has 1 aromatic rings. The van der Waals surface area contributed by atoms with Gasteiger partial charge in [0.1, 0.15) is 5.75 Å². The summed E-state index contributed by atoms with van der Waals surface area (Å²) >= 11 is 0. The number of hydrogen-bond donors (Lipinski definition) is 3. The Labute approximate surface area is 62.2 Å². The van der Waals surface area contributed by atoms with Crippen molar-refractivity contribution in [3.05, 3.63) is 23.1 Å². The topological polar surface area (TPSA) is 81.9 Å². The van der Waals surface area contributed by atoms with Gasteiger partial charge in [-0.2, -0.15) is 0 Å². The van der Waals surface area contributed by atoms with Crippen molar-refractivity contribution in [1.29, 1.82) is 0 Å². The highest BCUT2D eigenvalue weighted by Gasteiger charge is 2.05. The highest BCUT2D eigenvalue weighted by atomic mass is 16.5. The lowest BCUT2D eigenvalue weighted by atomic mass is 10.2. The molecule has 0 aliphatic rings. The van der Waals surface area contributed by atoms with Crippen LogP contribution in [0.4, 0.5) is 11.4 Å². The highest BCUT2D eigenvalue weighted by molar-refractivity contribution is 5.70. The molecule has 58 valence electrons. The summed E-state index contributed by atoms with van der Waals surface area (Å²) in [5, 5.41) is 19.9. The van der Waals surface area contributed by atoms with Crippen molar-refractivity contribution in [2.24, 2.45) is 5.18 Å². The lowest BCUT2D eigenvalue weighted by Crippen LogP contribution is -1.88. The van der Waals surface area contributed by atoms with Crippen molar-refractivity contribution in [3.63, 3.8) is 0 Å². The van der Waals surface area contributed by atoms with Gasteiger partial charge in [-0.3, -0.25) is 10.7 Å². The predicted molar refractivity (Wildman–Crippen MR) is 39.0 cm³/mol. The Morgan fingerprint density at radius 1 is 1.45 bits per heavy atom. The Kier molecular flexibility index (Phi) is 2.03. The lowest BCUT2D eigenvalue weighted by Gasteiger charge is -2.01. The van der Waals surface area contributed by atoms with Crippen molar-refractivity contribution in [2.45, 2.75) is 0 Å². The van der Waals surface area contributed by atoms with Gasteiger partial charge < -0.3 is 5.11 Å². The van der Waals surface area contributed by atoms with Gasteiger partial charge in [0.25, 0.3) is 0 Å². The smallest absolute Gasteiger partial charge is 0.174 e. The number of benzene rings is 1. The summed E-state index contributed by atoms with van der Waals surface area (Å²) in [5.41, 5.74) is 1.62. The number of nitrogens with one attached hydrogen (secondary N) is 1. The monoisotopic (exact) mass is 154 g/mol. The molecule has 0 unspecified atom stereocenters. The van der Waals surface area contributed by atoms with E-state index < -0.39 is 0 Å². The second kappa shape index (κ2) is 2.98. The molecule has 0 saturated carbocycles. The summed E-state index contributed by atoms with van der Waals surface area (Å²) < 4.78 is 0. The van der Waals surface area contributed by atoms with Crippen LogP contribution in [-0.2, 0) is 0 Å². The number of nitrogens with zero attached hydrogens (tertiary/aromatic N) is 1. The summed E-state index contributed by atoms with van der Waals surface area (Å²) in [6.45, 7) is 0. The first-order valence-corrected chi connectivity index (χ1v) is 2.85. The van der Waals surface area contributed by atoms with Gasteiger partial charge in [-0.25, -0.2) is 0 Å². The molecule has 0 spiro atoms. The van der Waals surface area contributed by atoms with E-state index in [0.717, 1.165) is 0 Å². The number of nitroso groups, excluding NO2 is 1. The molecule has 0 saturated heterocycles. The molecule has 5 nitrogen and oxygen atoms in total. The standard InChI is InChI=1S/C6H6N2O3/c9-5-3-1-2-4(7-10)6(5)8-11/h1-3,7,9-10H. The molecule has 1 aromatic carbocycles. The Hall–Kier alpha value is -1.62. The van der Waals surface area contributed by atoms with E-state index in [0.29, 0.717) is 0 Å². The minimum atomic E-state index is -0.265. The average molecular weight is 154 g/mol. The van der Waals surface area contributed by atoms with Crippen LogP contribution in [0.15, 0.2) is 23.4 Å². The molecule has 0 fully saturated rings. The maximum Gasteiger partial charge on any atom is 0.174 e. The zero-order chi connectivity index (χ0) is 8.27. The van der Waals surface area contributed by atoms with Crippen LogP contribution in [0.5, 0.6) is 5.75 Å². The highest BCUT2D eigenvalue weighted by Crippen LogP contribution is 2.33. The van der Waals surface area contributed by atoms with E-state index in [-0.39, 0.29) is 17.1 Å². The summed E-state index contributed by atoms with van der Waals surface area (Å²) in [5.74, 6) is -0.265. The molecule has 0 atom stereocenters. The van der Waals surface area contributed by atoms with E-state index in [1.54, 1.807) is 5.48 Å². The van der Waals surface area contributed by atoms with Crippen molar-refractivity contribution in [3.8, 4) is 5.75 Å². The number of anilines is 1. The zero-order valence-corrected chi connectivity index (χ0v) is 5.48. The maximum atomic E-state index is 10.0. The normalized spacial score (nSPS) is 9.18. The van der Waals surface area contributed by atoms with Gasteiger partial charge in [0, 0.05) is 0 Å². The van der Waals surface area contributed by atoms with Gasteiger partial charge >= 0.3 is 0 Å². The Bertz CT molecular complexity index is 275. The van der Waals surface area contributed by atoms with Crippen LogP contribution >= 0.6 is 0 Å². The number of phenols is 1. The van der Waals surface area contributed by atoms with E-state index in [2.05, 4.69) is 5.18 Å². The molecule has 0 bridgehead atoms. The van der Waals surface area contributed by atoms with Crippen molar-refractivity contribution in [1.82, 2.24) is 0 Å². The number of phenolic OH excluding ortho intramolecular Hbond substituents is 1. The predicted octanol–water partition coefficient (Wildman–Crippen LogP) is 1.59. The molecule has 0 aliphatic heterocycles. The second-order valence-electron chi connectivity index (χ2n) is 1.88. The van der Waals surface area contributed by atoms with Crippen LogP contribution < -0.4 is 5.48 Å². The Morgan fingerprint density at radius 3 is 2.64 bits per heavy atom. The molecule has 0 aliphatic carbocycles. The third-order valence-corrected chi connectivity index (χ3v) is 1.23. The first kappa shape index (κ1) is 7.49. The molecule has 0 radical (unpaired) electrons. The first-order valence-electron chi connectivity index (χ1n) is 2.85. The van der Waals surface area contributed by atoms with E-state index in [1.165, 1.54) is 18.2 Å². The molecular weight excluding hydrogens is 148 g/mol. The van der Waals surface area contributed by atoms with Crippen LogP contribution in [0.2, 0.25) is 0 Å². The molecule has 3 N–H and O–H groups in total. The van der Waals surface area contributed by atoms with Gasteiger partial charge in [-0.05, 0) is 17.3 Å². The van der Waals surface area contributed by atoms with Gasteiger partial charge in [-0.1, -0.05) is 6.07 Å². The van der Waals surface area contributed by atoms with E-state index >= 15 is 0 Å². The molecule has 5 heteroatoms. The first-order chi connectivity index (χ1) is 5.29. The van der Waals surface area contributed by atoms with Crippen molar-refractivity contribution < 1.29 is 10.3 Å². The van der Waals surface area contributed by atoms with E-state index in [1.807, 2.05) is 0 Å². The fourth-order valence-corrected chi connectivity index (χ4v) is 0.717. The van der Waals surface area contributed by atoms with Gasteiger partial charge in [0.15, 0.2) is 5.69 Å². The summed E-state index contributed by atoms with van der Waals surface area (Å²) in [6.07, 6.45) is 0. The zero-order valence-electron chi connectivity index (χ0n) is 5.48. The van der Waals surface area contributed by atoms with Crippen LogP contribution in [0, 0.1) is 4.91 Å². The third-order valence-electron chi connectivity index (χ3n) is 1.23. The number of aromatic hydroxyl groups is 1. The SMILES string of the molecule is O=Nc1c(O)cccc1NO. The summed E-state index contributed by atoms with van der Waals surface area (Å²) in [4.78, 5) is 10.0. The van der Waals surface area contributed by atoms with E-state index in [4.69, 9.17) is 10.3 Å². The van der Waals surface area contributed by atoms with Gasteiger partial charge in [0.2, 0.25) is 0 Å². The minimum Gasteiger partial charge on any atom is -0.505 e. The fraction of sp³-hybridized carbons (Fsp3) is 0. The molecule has 11 heavy (non-hydrogen) atoms. The maximum absolute atomic E-state index is 10.0. The fourth-order valence-electron chi connectivity index (χ4n) is 0.717. The molecular formula is C6H6N2O3. The average Bonchev–Trinajstić information content (AvgIpc) is 2.04. The van der Waals surface area contributed by atoms with Gasteiger partial charge in [-0.15, -0.1) is 4.91 Å². The Balaban J connectivity index is 3.24. The van der Waals surface area contributed by atoms with Gasteiger partial charge in [0.05, 0.1) is 5.69 Å². The summed E-state index contributed by atoms with van der Waals surface area (Å²) in [6, 6.07) is 4.19. The van der Waals surface area contributed by atoms with Crippen LogP contribution in [0.1, 0.15) is 0 Å². The second-order valence-corrected chi connectivity index (χ2v) is 1.88. The number of hydrogen-bond acceptors (Lipinski definition) is 5. The van der Waals surface area contributed by atoms with Crippen LogP contribution in [0.3, 0.4) is 0 Å². The molecule has 0 amide bonds. The van der Waals surface area contributed by atoms with Crippen LogP contribution in [0.25, 0.3) is 0 Å². The molecule has 1 rings (SSSR count). The quantitative estimate of drug-likeness (QED) is 0.446. The third kappa shape index (κ3) is 1.27. The molecule has 0 heterocycles. The van der Waals surface area contributed by atoms with E-state index in [9.17, 15) is 4.91 Å². The minimum absolute atomic E-state index is 0.0833. The van der Waals surface area contributed by atoms with Crippen LogP contribution in [-0.4, -0.2) is 10.3 Å².